The van der Waals surface area contributed by atoms with Crippen LogP contribution in [0.5, 0.6) is 5.75 Å². The number of nitrogens with zero attached hydrogens (tertiary/aromatic N) is 2. The summed E-state index contributed by atoms with van der Waals surface area (Å²) in [5.74, 6) is 2.09. The molecule has 0 saturated carbocycles. The zero-order valence-electron chi connectivity index (χ0n) is 17.9. The Kier molecular flexibility index (Phi) is 6.91. The molecular formula is C24H31N3O2. The lowest BCUT2D eigenvalue weighted by Gasteiger charge is -2.13. The van der Waals surface area contributed by atoms with E-state index in [0.29, 0.717) is 13.2 Å². The van der Waals surface area contributed by atoms with Crippen LogP contribution in [-0.4, -0.2) is 28.6 Å². The van der Waals surface area contributed by atoms with Crippen molar-refractivity contribution in [3.8, 4) is 5.75 Å². The maximum atomic E-state index is 11.7. The summed E-state index contributed by atoms with van der Waals surface area (Å²) in [4.78, 5) is 16.6. The van der Waals surface area contributed by atoms with Crippen LogP contribution < -0.4 is 10.1 Å². The van der Waals surface area contributed by atoms with Gasteiger partial charge in [0.1, 0.15) is 18.2 Å². The average molecular weight is 394 g/mol. The summed E-state index contributed by atoms with van der Waals surface area (Å²) < 4.78 is 8.31. The molecule has 0 aliphatic rings. The Hall–Kier alpha value is -2.82. The fourth-order valence-electron chi connectivity index (χ4n) is 3.36. The summed E-state index contributed by atoms with van der Waals surface area (Å²) in [5, 5.41) is 2.98. The van der Waals surface area contributed by atoms with Gasteiger partial charge < -0.3 is 14.6 Å². The third-order valence-electron chi connectivity index (χ3n) is 5.26. The molecule has 0 radical (unpaired) electrons. The Morgan fingerprint density at radius 1 is 1.14 bits per heavy atom. The van der Waals surface area contributed by atoms with Crippen molar-refractivity contribution in [1.82, 2.24) is 14.9 Å². The highest BCUT2D eigenvalue weighted by Gasteiger charge is 2.12. The molecule has 0 aliphatic heterocycles. The molecule has 1 aromatic heterocycles. The van der Waals surface area contributed by atoms with Gasteiger partial charge >= 0.3 is 0 Å². The van der Waals surface area contributed by atoms with E-state index in [1.54, 1.807) is 0 Å². The molecule has 3 rings (SSSR count). The van der Waals surface area contributed by atoms with Crippen molar-refractivity contribution in [2.24, 2.45) is 5.92 Å². The molecule has 0 atom stereocenters. The molecule has 0 unspecified atom stereocenters. The van der Waals surface area contributed by atoms with Gasteiger partial charge in [-0.25, -0.2) is 4.98 Å². The van der Waals surface area contributed by atoms with Gasteiger partial charge in [0.05, 0.1) is 17.6 Å². The molecule has 0 saturated heterocycles. The van der Waals surface area contributed by atoms with Gasteiger partial charge in [0, 0.05) is 18.9 Å². The molecule has 2 aromatic carbocycles. The quantitative estimate of drug-likeness (QED) is 0.547. The molecule has 0 aliphatic carbocycles. The minimum atomic E-state index is 0.0156. The number of carbonyl (C=O) groups excluding carboxylic acids is 1. The molecule has 1 heterocycles. The van der Waals surface area contributed by atoms with E-state index >= 15 is 0 Å². The van der Waals surface area contributed by atoms with Crippen molar-refractivity contribution < 1.29 is 9.53 Å². The highest BCUT2D eigenvalue weighted by molar-refractivity contribution is 5.77. The number of aryl methyl sites for hydroxylation is 2. The lowest BCUT2D eigenvalue weighted by molar-refractivity contribution is -0.123. The third-order valence-corrected chi connectivity index (χ3v) is 5.26. The third kappa shape index (κ3) is 5.17. The first-order valence-electron chi connectivity index (χ1n) is 10.4. The van der Waals surface area contributed by atoms with Gasteiger partial charge in [0.2, 0.25) is 5.91 Å². The predicted octanol–water partition coefficient (Wildman–Crippen LogP) is 4.44. The Morgan fingerprint density at radius 3 is 2.72 bits per heavy atom. The fourth-order valence-corrected chi connectivity index (χ4v) is 3.36. The Bertz CT molecular complexity index is 975. The van der Waals surface area contributed by atoms with Crippen LogP contribution >= 0.6 is 0 Å². The van der Waals surface area contributed by atoms with Crippen LogP contribution in [0.4, 0.5) is 0 Å². The van der Waals surface area contributed by atoms with E-state index < -0.39 is 0 Å². The second kappa shape index (κ2) is 9.59. The number of hydrogen-bond donors (Lipinski definition) is 1. The first kappa shape index (κ1) is 20.9. The highest BCUT2D eigenvalue weighted by atomic mass is 16.5. The first-order valence-corrected chi connectivity index (χ1v) is 10.4. The molecular weight excluding hydrogens is 362 g/mol. The largest absolute Gasteiger partial charge is 0.491 e. The number of aromatic nitrogens is 2. The summed E-state index contributed by atoms with van der Waals surface area (Å²) in [6.45, 7) is 9.99. The highest BCUT2D eigenvalue weighted by Crippen LogP contribution is 2.21. The number of hydrogen-bond acceptors (Lipinski definition) is 3. The SMILES string of the molecule is Cc1cccc(OCCn2c(CCCNC(=O)C(C)C)nc3ccccc32)c1C. The van der Waals surface area contributed by atoms with Gasteiger partial charge in [-0.05, 0) is 49.6 Å². The molecule has 3 aromatic rings. The Morgan fingerprint density at radius 2 is 1.93 bits per heavy atom. The van der Waals surface area contributed by atoms with Crippen molar-refractivity contribution >= 4 is 16.9 Å². The van der Waals surface area contributed by atoms with Crippen molar-refractivity contribution in [2.45, 2.75) is 47.1 Å². The van der Waals surface area contributed by atoms with E-state index in [1.165, 1.54) is 11.1 Å². The van der Waals surface area contributed by atoms with Crippen LogP contribution in [0.2, 0.25) is 0 Å². The molecule has 154 valence electrons. The maximum Gasteiger partial charge on any atom is 0.222 e. The van der Waals surface area contributed by atoms with E-state index in [9.17, 15) is 4.79 Å². The van der Waals surface area contributed by atoms with Crippen LogP contribution in [-0.2, 0) is 17.8 Å². The minimum Gasteiger partial charge on any atom is -0.491 e. The molecule has 0 spiro atoms. The van der Waals surface area contributed by atoms with Crippen molar-refractivity contribution in [3.63, 3.8) is 0 Å². The van der Waals surface area contributed by atoms with E-state index in [4.69, 9.17) is 9.72 Å². The molecule has 0 fully saturated rings. The number of imidazole rings is 1. The second-order valence-electron chi connectivity index (χ2n) is 7.76. The Labute approximate surface area is 173 Å². The van der Waals surface area contributed by atoms with Gasteiger partial charge in [0.15, 0.2) is 0 Å². The van der Waals surface area contributed by atoms with Gasteiger partial charge in [0.25, 0.3) is 0 Å². The molecule has 5 heteroatoms. The van der Waals surface area contributed by atoms with Crippen molar-refractivity contribution in [2.75, 3.05) is 13.2 Å². The number of ether oxygens (including phenoxy) is 1. The summed E-state index contributed by atoms with van der Waals surface area (Å²) in [5.41, 5.74) is 4.54. The van der Waals surface area contributed by atoms with E-state index in [1.807, 2.05) is 44.2 Å². The van der Waals surface area contributed by atoms with Gasteiger partial charge in [-0.15, -0.1) is 0 Å². The van der Waals surface area contributed by atoms with Crippen molar-refractivity contribution in [3.05, 3.63) is 59.4 Å². The van der Waals surface area contributed by atoms with Crippen LogP contribution in [0.1, 0.15) is 37.2 Å². The first-order chi connectivity index (χ1) is 14.0. The van der Waals surface area contributed by atoms with Crippen molar-refractivity contribution in [1.29, 1.82) is 0 Å². The standard InChI is InChI=1S/C24H31N3O2/c1-17(2)24(28)25-14-8-13-23-26-20-10-5-6-11-21(20)27(23)15-16-29-22-12-7-9-18(3)19(22)4/h5-7,9-12,17H,8,13-16H2,1-4H3,(H,25,28). The van der Waals surface area contributed by atoms with E-state index in [2.05, 4.69) is 35.9 Å². The zero-order chi connectivity index (χ0) is 20.8. The monoisotopic (exact) mass is 393 g/mol. The van der Waals surface area contributed by atoms with Crippen LogP contribution in [0.25, 0.3) is 11.0 Å². The molecule has 29 heavy (non-hydrogen) atoms. The number of benzene rings is 2. The van der Waals surface area contributed by atoms with Crippen LogP contribution in [0.3, 0.4) is 0 Å². The maximum absolute atomic E-state index is 11.7. The average Bonchev–Trinajstić information content (AvgIpc) is 3.06. The predicted molar refractivity (Wildman–Crippen MR) is 117 cm³/mol. The number of para-hydroxylation sites is 2. The number of fused-ring (bicyclic) bond motifs is 1. The number of nitrogens with one attached hydrogen (secondary N) is 1. The van der Waals surface area contributed by atoms with Gasteiger partial charge in [-0.3, -0.25) is 4.79 Å². The minimum absolute atomic E-state index is 0.0156. The fraction of sp³-hybridized carbons (Fsp3) is 0.417. The summed E-state index contributed by atoms with van der Waals surface area (Å²) in [6.07, 6.45) is 1.68. The zero-order valence-corrected chi connectivity index (χ0v) is 17.9. The second-order valence-corrected chi connectivity index (χ2v) is 7.76. The molecule has 1 amide bonds. The van der Waals surface area contributed by atoms with E-state index in [0.717, 1.165) is 42.0 Å². The summed E-state index contributed by atoms with van der Waals surface area (Å²) >= 11 is 0. The summed E-state index contributed by atoms with van der Waals surface area (Å²) in [6, 6.07) is 14.3. The lowest BCUT2D eigenvalue weighted by atomic mass is 10.1. The lowest BCUT2D eigenvalue weighted by Crippen LogP contribution is -2.28. The summed E-state index contributed by atoms with van der Waals surface area (Å²) in [7, 11) is 0. The number of amides is 1. The molecule has 1 N–H and O–H groups in total. The van der Waals surface area contributed by atoms with Gasteiger partial charge in [-0.2, -0.15) is 0 Å². The number of carbonyl (C=O) groups is 1. The van der Waals surface area contributed by atoms with E-state index in [-0.39, 0.29) is 11.8 Å². The van der Waals surface area contributed by atoms with Crippen LogP contribution in [0.15, 0.2) is 42.5 Å². The topological polar surface area (TPSA) is 56.1 Å². The Balaban J connectivity index is 1.66. The number of rotatable bonds is 9. The molecule has 0 bridgehead atoms. The van der Waals surface area contributed by atoms with Crippen LogP contribution in [0, 0.1) is 19.8 Å². The normalized spacial score (nSPS) is 11.2. The van der Waals surface area contributed by atoms with Gasteiger partial charge in [-0.1, -0.05) is 38.1 Å². The molecule has 5 nitrogen and oxygen atoms in total. The smallest absolute Gasteiger partial charge is 0.222 e.